The van der Waals surface area contributed by atoms with Gasteiger partial charge in [-0.3, -0.25) is 0 Å². The van der Waals surface area contributed by atoms with Crippen LogP contribution in [0.15, 0.2) is 75.6 Å². The number of rotatable bonds is 8. The third kappa shape index (κ3) is 5.73. The van der Waals surface area contributed by atoms with E-state index in [0.29, 0.717) is 5.09 Å². The van der Waals surface area contributed by atoms with Gasteiger partial charge < -0.3 is 4.18 Å². The highest BCUT2D eigenvalue weighted by Crippen LogP contribution is 2.31. The van der Waals surface area contributed by atoms with E-state index in [-0.39, 0.29) is 4.90 Å². The first kappa shape index (κ1) is 18.6. The second-order valence-electron chi connectivity index (χ2n) is 5.43. The first-order chi connectivity index (χ1) is 11.5. The highest BCUT2D eigenvalue weighted by molar-refractivity contribution is 8.03. The van der Waals surface area contributed by atoms with Crippen LogP contribution in [0.25, 0.3) is 0 Å². The van der Waals surface area contributed by atoms with E-state index in [1.807, 2.05) is 43.3 Å². The molecule has 24 heavy (non-hydrogen) atoms. The zero-order valence-corrected chi connectivity index (χ0v) is 15.6. The molecule has 0 unspecified atom stereocenters. The fourth-order valence-electron chi connectivity index (χ4n) is 1.98. The predicted molar refractivity (Wildman–Crippen MR) is 99.4 cm³/mol. The van der Waals surface area contributed by atoms with Gasteiger partial charge in [-0.2, -0.15) is 8.42 Å². The molecule has 0 aromatic heterocycles. The van der Waals surface area contributed by atoms with Gasteiger partial charge in [0.25, 0.3) is 0 Å². The van der Waals surface area contributed by atoms with Gasteiger partial charge in [0.2, 0.25) is 0 Å². The Hall–Kier alpha value is -1.72. The second-order valence-corrected chi connectivity index (χ2v) is 8.06. The summed E-state index contributed by atoms with van der Waals surface area (Å²) in [6.45, 7) is 4.01. The van der Waals surface area contributed by atoms with Gasteiger partial charge in [-0.1, -0.05) is 61.0 Å². The molecule has 0 fully saturated rings. The Kier molecular flexibility index (Phi) is 6.94. The molecule has 0 aliphatic carbocycles. The van der Waals surface area contributed by atoms with Crippen molar-refractivity contribution in [1.29, 1.82) is 0 Å². The molecule has 0 amide bonds. The summed E-state index contributed by atoms with van der Waals surface area (Å²) >= 11 is 1.32. The van der Waals surface area contributed by atoms with Crippen LogP contribution in [0.5, 0.6) is 0 Å². The molecule has 0 saturated carbocycles. The van der Waals surface area contributed by atoms with Crippen molar-refractivity contribution in [3.05, 3.63) is 71.3 Å². The second kappa shape index (κ2) is 8.94. The Balaban J connectivity index is 2.20. The zero-order chi connectivity index (χ0) is 17.4. The molecular formula is C19H22O3S2. The minimum atomic E-state index is -3.82. The van der Waals surface area contributed by atoms with Crippen molar-refractivity contribution in [2.45, 2.75) is 42.9 Å². The van der Waals surface area contributed by atoms with E-state index in [0.717, 1.165) is 29.7 Å². The van der Waals surface area contributed by atoms with Gasteiger partial charge in [0.05, 0.1) is 0 Å². The van der Waals surface area contributed by atoms with Crippen LogP contribution in [0.3, 0.4) is 0 Å². The largest absolute Gasteiger partial charge is 0.372 e. The minimum Gasteiger partial charge on any atom is -0.372 e. The first-order valence-electron chi connectivity index (χ1n) is 7.95. The van der Waals surface area contributed by atoms with Gasteiger partial charge in [0.15, 0.2) is 5.09 Å². The van der Waals surface area contributed by atoms with Crippen molar-refractivity contribution >= 4 is 21.9 Å². The van der Waals surface area contributed by atoms with Gasteiger partial charge >= 0.3 is 10.1 Å². The van der Waals surface area contributed by atoms with Crippen molar-refractivity contribution in [2.24, 2.45) is 0 Å². The molecule has 0 atom stereocenters. The lowest BCUT2D eigenvalue weighted by atomic mass is 10.2. The van der Waals surface area contributed by atoms with Crippen molar-refractivity contribution in [3.8, 4) is 0 Å². The van der Waals surface area contributed by atoms with Gasteiger partial charge in [-0.15, -0.1) is 0 Å². The molecule has 0 saturated heterocycles. The molecule has 0 heterocycles. The number of thioether (sulfide) groups is 1. The van der Waals surface area contributed by atoms with Crippen LogP contribution in [0, 0.1) is 6.92 Å². The summed E-state index contributed by atoms with van der Waals surface area (Å²) in [5.74, 6) is 0. The molecule has 5 heteroatoms. The highest BCUT2D eigenvalue weighted by Gasteiger charge is 2.18. The maximum Gasteiger partial charge on any atom is 0.339 e. The number of hydrogen-bond acceptors (Lipinski definition) is 4. The normalized spacial score (nSPS) is 12.2. The monoisotopic (exact) mass is 362 g/mol. The number of aryl methyl sites for hydroxylation is 1. The summed E-state index contributed by atoms with van der Waals surface area (Å²) in [5.41, 5.74) is 1.01. The van der Waals surface area contributed by atoms with Gasteiger partial charge in [-0.05, 0) is 50.1 Å². The SMILES string of the molecule is CCCC/C=C(/OS(=O)(=O)c1ccc(C)cc1)Sc1ccccc1. The van der Waals surface area contributed by atoms with Crippen LogP contribution in [0.4, 0.5) is 0 Å². The van der Waals surface area contributed by atoms with E-state index in [1.54, 1.807) is 24.3 Å². The molecule has 2 aromatic rings. The molecular weight excluding hydrogens is 340 g/mol. The fraction of sp³-hybridized carbons (Fsp3) is 0.263. The Labute approximate surface area is 148 Å². The molecule has 0 N–H and O–H groups in total. The summed E-state index contributed by atoms with van der Waals surface area (Å²) in [5, 5.41) is 0.398. The van der Waals surface area contributed by atoms with E-state index in [1.165, 1.54) is 11.8 Å². The quantitative estimate of drug-likeness (QED) is 0.268. The van der Waals surface area contributed by atoms with E-state index in [9.17, 15) is 8.42 Å². The lowest BCUT2D eigenvalue weighted by Crippen LogP contribution is -2.05. The maximum absolute atomic E-state index is 12.5. The molecule has 0 aliphatic rings. The van der Waals surface area contributed by atoms with Crippen molar-refractivity contribution in [3.63, 3.8) is 0 Å². The zero-order valence-electron chi connectivity index (χ0n) is 13.9. The first-order valence-corrected chi connectivity index (χ1v) is 10.2. The van der Waals surface area contributed by atoms with Crippen LogP contribution < -0.4 is 0 Å². The third-order valence-corrected chi connectivity index (χ3v) is 5.64. The number of benzene rings is 2. The van der Waals surface area contributed by atoms with Crippen molar-refractivity contribution in [1.82, 2.24) is 0 Å². The summed E-state index contributed by atoms with van der Waals surface area (Å²) in [7, 11) is -3.82. The van der Waals surface area contributed by atoms with Crippen LogP contribution in [-0.4, -0.2) is 8.42 Å². The Bertz CT molecular complexity index is 764. The fourth-order valence-corrected chi connectivity index (χ4v) is 3.96. The summed E-state index contributed by atoms with van der Waals surface area (Å²) in [6, 6.07) is 16.3. The van der Waals surface area contributed by atoms with Gasteiger partial charge in [-0.25, -0.2) is 0 Å². The number of hydrogen-bond donors (Lipinski definition) is 0. The molecule has 0 spiro atoms. The maximum atomic E-state index is 12.5. The topological polar surface area (TPSA) is 43.4 Å². The van der Waals surface area contributed by atoms with E-state index >= 15 is 0 Å². The summed E-state index contributed by atoms with van der Waals surface area (Å²) < 4.78 is 30.4. The highest BCUT2D eigenvalue weighted by atomic mass is 32.2. The number of unbranched alkanes of at least 4 members (excludes halogenated alkanes) is 2. The van der Waals surface area contributed by atoms with Crippen LogP contribution in [0.2, 0.25) is 0 Å². The van der Waals surface area contributed by atoms with E-state index in [2.05, 4.69) is 6.92 Å². The summed E-state index contributed by atoms with van der Waals surface area (Å²) in [4.78, 5) is 1.11. The van der Waals surface area contributed by atoms with Gasteiger partial charge in [0.1, 0.15) is 4.90 Å². The third-order valence-electron chi connectivity index (χ3n) is 3.33. The average molecular weight is 363 g/mol. The average Bonchev–Trinajstić information content (AvgIpc) is 2.56. The van der Waals surface area contributed by atoms with Crippen molar-refractivity contribution < 1.29 is 12.6 Å². The lowest BCUT2D eigenvalue weighted by molar-refractivity contribution is 0.432. The molecule has 0 bridgehead atoms. The van der Waals surface area contributed by atoms with Crippen LogP contribution in [-0.2, 0) is 14.3 Å². The minimum absolute atomic E-state index is 0.170. The standard InChI is InChI=1S/C19H22O3S2/c1-3-4-6-11-19(23-17-9-7-5-8-10-17)22-24(20,21)18-14-12-16(2)13-15-18/h5,7-15H,3-4,6H2,1-2H3/b19-11-. The molecule has 0 radical (unpaired) electrons. The Morgan fingerprint density at radius 1 is 1.08 bits per heavy atom. The lowest BCUT2D eigenvalue weighted by Gasteiger charge is -2.11. The van der Waals surface area contributed by atoms with Crippen molar-refractivity contribution in [2.75, 3.05) is 0 Å². The van der Waals surface area contributed by atoms with Crippen LogP contribution >= 0.6 is 11.8 Å². The van der Waals surface area contributed by atoms with Crippen LogP contribution in [0.1, 0.15) is 31.7 Å². The van der Waals surface area contributed by atoms with E-state index in [4.69, 9.17) is 4.18 Å². The Morgan fingerprint density at radius 3 is 2.38 bits per heavy atom. The number of allylic oxidation sites excluding steroid dienone is 1. The molecule has 2 aromatic carbocycles. The van der Waals surface area contributed by atoms with E-state index < -0.39 is 10.1 Å². The molecule has 3 nitrogen and oxygen atoms in total. The molecule has 2 rings (SSSR count). The van der Waals surface area contributed by atoms with Gasteiger partial charge in [0, 0.05) is 4.90 Å². The molecule has 0 aliphatic heterocycles. The summed E-state index contributed by atoms with van der Waals surface area (Å²) in [6.07, 6.45) is 4.68. The molecule has 128 valence electrons. The Morgan fingerprint density at radius 2 is 1.75 bits per heavy atom. The smallest absolute Gasteiger partial charge is 0.339 e. The predicted octanol–water partition coefficient (Wildman–Crippen LogP) is 5.52.